The van der Waals surface area contributed by atoms with Crippen molar-refractivity contribution in [1.29, 1.82) is 0 Å². The quantitative estimate of drug-likeness (QED) is 0.772. The third-order valence-corrected chi connectivity index (χ3v) is 5.73. The molecule has 2 aromatic rings. The molecule has 1 atom stereocenters. The lowest BCUT2D eigenvalue weighted by atomic mass is 10.0. The molecule has 1 amide bonds. The van der Waals surface area contributed by atoms with Crippen LogP contribution < -0.4 is 0 Å². The molecule has 1 aliphatic heterocycles. The molecule has 4 rings (SSSR count). The van der Waals surface area contributed by atoms with Gasteiger partial charge in [0.25, 0.3) is 0 Å². The van der Waals surface area contributed by atoms with Crippen LogP contribution in [0, 0.1) is 11.8 Å². The van der Waals surface area contributed by atoms with Crippen molar-refractivity contribution in [3.8, 4) is 11.5 Å². The fourth-order valence-electron chi connectivity index (χ4n) is 3.89. The maximum Gasteiger partial charge on any atom is 0.224 e. The van der Waals surface area contributed by atoms with Crippen molar-refractivity contribution in [2.45, 2.75) is 45.7 Å². The van der Waals surface area contributed by atoms with Crippen molar-refractivity contribution in [2.24, 2.45) is 11.8 Å². The Morgan fingerprint density at radius 3 is 2.57 bits per heavy atom. The summed E-state index contributed by atoms with van der Waals surface area (Å²) in [7, 11) is 0. The Kier molecular flexibility index (Phi) is 5.67. The Balaban J connectivity index is 1.44. The van der Waals surface area contributed by atoms with Crippen molar-refractivity contribution in [2.75, 3.05) is 19.6 Å². The average Bonchev–Trinajstić information content (AvgIpc) is 3.54. The maximum atomic E-state index is 12.8. The van der Waals surface area contributed by atoms with Gasteiger partial charge in [-0.1, -0.05) is 19.9 Å². The van der Waals surface area contributed by atoms with Gasteiger partial charge >= 0.3 is 0 Å². The summed E-state index contributed by atoms with van der Waals surface area (Å²) < 4.78 is 0. The minimum absolute atomic E-state index is 0.282. The summed E-state index contributed by atoms with van der Waals surface area (Å²) in [6.45, 7) is 7.88. The first-order chi connectivity index (χ1) is 13.6. The van der Waals surface area contributed by atoms with Gasteiger partial charge in [0.05, 0.1) is 0 Å². The van der Waals surface area contributed by atoms with Crippen molar-refractivity contribution in [3.63, 3.8) is 0 Å². The number of carbonyl (C=O) groups is 1. The highest BCUT2D eigenvalue weighted by Gasteiger charge is 2.35. The normalized spacial score (nSPS) is 21.2. The summed E-state index contributed by atoms with van der Waals surface area (Å²) in [6.07, 6.45) is 8.67. The lowest BCUT2D eigenvalue weighted by Crippen LogP contribution is -2.47. The SMILES string of the molecule is CC(C)[C@H]1CN(Cc2cnc(-c3ccccn3)nc2)CCC(=O)N1CC1CC1. The smallest absolute Gasteiger partial charge is 0.224 e. The zero-order valence-corrected chi connectivity index (χ0v) is 16.8. The molecule has 6 nitrogen and oxygen atoms in total. The van der Waals surface area contributed by atoms with Crippen LogP contribution in [0.5, 0.6) is 0 Å². The molecule has 1 aliphatic carbocycles. The number of nitrogens with zero attached hydrogens (tertiary/aromatic N) is 5. The number of aromatic nitrogens is 3. The Morgan fingerprint density at radius 2 is 1.93 bits per heavy atom. The predicted octanol–water partition coefficient (Wildman–Crippen LogP) is 3.01. The van der Waals surface area contributed by atoms with Gasteiger partial charge in [0.15, 0.2) is 5.82 Å². The van der Waals surface area contributed by atoms with E-state index in [1.54, 1.807) is 6.20 Å². The first-order valence-electron chi connectivity index (χ1n) is 10.3. The van der Waals surface area contributed by atoms with Crippen molar-refractivity contribution in [1.82, 2.24) is 24.8 Å². The minimum atomic E-state index is 0.282. The van der Waals surface area contributed by atoms with E-state index in [1.807, 2.05) is 30.6 Å². The summed E-state index contributed by atoms with van der Waals surface area (Å²) in [6, 6.07) is 6.02. The molecule has 28 heavy (non-hydrogen) atoms. The topological polar surface area (TPSA) is 62.2 Å². The second-order valence-electron chi connectivity index (χ2n) is 8.42. The Morgan fingerprint density at radius 1 is 1.14 bits per heavy atom. The standard InChI is InChI=1S/C22H29N5O/c1-16(2)20-15-26(10-8-21(28)27(20)14-17-6-7-17)13-18-11-24-22(25-12-18)19-5-3-4-9-23-19/h3-5,9,11-12,16-17,20H,6-8,10,13-15H2,1-2H3/t20-/m1/s1. The van der Waals surface area contributed by atoms with E-state index in [2.05, 4.69) is 38.6 Å². The highest BCUT2D eigenvalue weighted by atomic mass is 16.2. The Bertz CT molecular complexity index is 788. The molecule has 1 saturated heterocycles. The highest BCUT2D eigenvalue weighted by Crippen LogP contribution is 2.32. The summed E-state index contributed by atoms with van der Waals surface area (Å²) in [4.78, 5) is 30.6. The summed E-state index contributed by atoms with van der Waals surface area (Å²) in [5.74, 6) is 2.14. The van der Waals surface area contributed by atoms with E-state index >= 15 is 0 Å². The number of pyridine rings is 1. The second-order valence-corrected chi connectivity index (χ2v) is 8.42. The van der Waals surface area contributed by atoms with Crippen LogP contribution >= 0.6 is 0 Å². The molecular weight excluding hydrogens is 350 g/mol. The van der Waals surface area contributed by atoms with Gasteiger partial charge < -0.3 is 4.90 Å². The van der Waals surface area contributed by atoms with E-state index in [0.717, 1.165) is 43.4 Å². The van der Waals surface area contributed by atoms with Gasteiger partial charge in [0.1, 0.15) is 5.69 Å². The fourth-order valence-corrected chi connectivity index (χ4v) is 3.89. The molecule has 148 valence electrons. The van der Waals surface area contributed by atoms with Gasteiger partial charge in [-0.2, -0.15) is 0 Å². The van der Waals surface area contributed by atoms with Gasteiger partial charge in [-0.3, -0.25) is 14.7 Å². The third-order valence-electron chi connectivity index (χ3n) is 5.73. The molecule has 0 radical (unpaired) electrons. The lowest BCUT2D eigenvalue weighted by Gasteiger charge is -2.35. The van der Waals surface area contributed by atoms with Crippen LogP contribution in [0.4, 0.5) is 0 Å². The molecule has 0 unspecified atom stereocenters. The van der Waals surface area contributed by atoms with Crippen LogP contribution in [0.3, 0.4) is 0 Å². The summed E-state index contributed by atoms with van der Waals surface area (Å²) in [5, 5.41) is 0. The summed E-state index contributed by atoms with van der Waals surface area (Å²) >= 11 is 0. The molecule has 0 spiro atoms. The Hall–Kier alpha value is -2.34. The van der Waals surface area contributed by atoms with E-state index in [-0.39, 0.29) is 6.04 Å². The lowest BCUT2D eigenvalue weighted by molar-refractivity contribution is -0.133. The molecule has 6 heteroatoms. The Labute approximate surface area is 167 Å². The minimum Gasteiger partial charge on any atom is -0.338 e. The van der Waals surface area contributed by atoms with E-state index in [4.69, 9.17) is 0 Å². The monoisotopic (exact) mass is 379 g/mol. The van der Waals surface area contributed by atoms with E-state index in [1.165, 1.54) is 12.8 Å². The van der Waals surface area contributed by atoms with Crippen LogP contribution in [0.25, 0.3) is 11.5 Å². The number of amides is 1. The predicted molar refractivity (Wildman–Crippen MR) is 108 cm³/mol. The van der Waals surface area contributed by atoms with E-state index in [9.17, 15) is 4.79 Å². The number of hydrogen-bond acceptors (Lipinski definition) is 5. The highest BCUT2D eigenvalue weighted by molar-refractivity contribution is 5.77. The van der Waals surface area contributed by atoms with Gasteiger partial charge in [-0.15, -0.1) is 0 Å². The first-order valence-corrected chi connectivity index (χ1v) is 10.3. The van der Waals surface area contributed by atoms with E-state index < -0.39 is 0 Å². The van der Waals surface area contributed by atoms with Crippen LogP contribution in [0.1, 0.15) is 38.7 Å². The number of rotatable bonds is 6. The number of hydrogen-bond donors (Lipinski definition) is 0. The third kappa shape index (κ3) is 4.55. The van der Waals surface area contributed by atoms with Gasteiger partial charge in [-0.05, 0) is 36.8 Å². The first kappa shape index (κ1) is 19.0. The van der Waals surface area contributed by atoms with Gasteiger partial charge in [-0.25, -0.2) is 9.97 Å². The molecule has 2 aromatic heterocycles. The zero-order valence-electron chi connectivity index (χ0n) is 16.8. The summed E-state index contributed by atoms with van der Waals surface area (Å²) in [5.41, 5.74) is 1.86. The zero-order chi connectivity index (χ0) is 19.5. The second kappa shape index (κ2) is 8.35. The van der Waals surface area contributed by atoms with Crippen molar-refractivity contribution < 1.29 is 4.79 Å². The van der Waals surface area contributed by atoms with Crippen LogP contribution in [0.2, 0.25) is 0 Å². The molecule has 0 bridgehead atoms. The van der Waals surface area contributed by atoms with E-state index in [0.29, 0.717) is 24.1 Å². The molecule has 0 N–H and O–H groups in total. The van der Waals surface area contributed by atoms with Crippen LogP contribution in [0.15, 0.2) is 36.8 Å². The van der Waals surface area contributed by atoms with Gasteiger partial charge in [0.2, 0.25) is 5.91 Å². The molecule has 2 fully saturated rings. The van der Waals surface area contributed by atoms with Crippen molar-refractivity contribution in [3.05, 3.63) is 42.4 Å². The van der Waals surface area contributed by atoms with Crippen LogP contribution in [-0.2, 0) is 11.3 Å². The largest absolute Gasteiger partial charge is 0.338 e. The average molecular weight is 380 g/mol. The maximum absolute atomic E-state index is 12.8. The van der Waals surface area contributed by atoms with Crippen LogP contribution in [-0.4, -0.2) is 56.3 Å². The fraction of sp³-hybridized carbons (Fsp3) is 0.545. The van der Waals surface area contributed by atoms with Gasteiger partial charge in [0, 0.05) is 62.8 Å². The molecule has 2 aliphatic rings. The number of carbonyl (C=O) groups excluding carboxylic acids is 1. The molecule has 0 aromatic carbocycles. The molecule has 1 saturated carbocycles. The molecule has 3 heterocycles. The van der Waals surface area contributed by atoms with Crippen molar-refractivity contribution >= 4 is 5.91 Å². The molecular formula is C22H29N5O.